The van der Waals surface area contributed by atoms with Gasteiger partial charge in [-0.3, -0.25) is 0 Å². The normalized spacial score (nSPS) is 20.7. The average Bonchev–Trinajstić information content (AvgIpc) is 3.09. The predicted octanol–water partition coefficient (Wildman–Crippen LogP) is 2.77. The van der Waals surface area contributed by atoms with Crippen LogP contribution in [0.5, 0.6) is 0 Å². The van der Waals surface area contributed by atoms with Crippen LogP contribution in [0, 0.1) is 5.82 Å². The molecular formula is C16H18FN5O. The molecule has 4 rings (SSSR count). The minimum Gasteiger partial charge on any atom is -0.322 e. The Balaban J connectivity index is 1.39. The highest BCUT2D eigenvalue weighted by Crippen LogP contribution is 2.39. The number of likely N-dealkylation sites (tertiary alicyclic amines) is 1. The van der Waals surface area contributed by atoms with Gasteiger partial charge in [0, 0.05) is 25.2 Å². The smallest absolute Gasteiger partial charge is 0.321 e. The van der Waals surface area contributed by atoms with E-state index in [4.69, 9.17) is 0 Å². The van der Waals surface area contributed by atoms with Crippen molar-refractivity contribution in [2.75, 3.05) is 18.4 Å². The number of aromatic nitrogens is 3. The van der Waals surface area contributed by atoms with E-state index in [2.05, 4.69) is 15.6 Å². The molecule has 0 bridgehead atoms. The summed E-state index contributed by atoms with van der Waals surface area (Å²) in [6, 6.07) is 6.04. The molecule has 0 spiro atoms. The van der Waals surface area contributed by atoms with Crippen LogP contribution in [0.25, 0.3) is 0 Å². The van der Waals surface area contributed by atoms with Crippen molar-refractivity contribution >= 4 is 11.7 Å². The minimum absolute atomic E-state index is 0.140. The Kier molecular flexibility index (Phi) is 3.48. The minimum atomic E-state index is -0.429. The van der Waals surface area contributed by atoms with E-state index in [1.807, 2.05) is 10.9 Å². The zero-order chi connectivity index (χ0) is 15.8. The van der Waals surface area contributed by atoms with Gasteiger partial charge in [0.25, 0.3) is 0 Å². The lowest BCUT2D eigenvalue weighted by Crippen LogP contribution is -2.33. The summed E-state index contributed by atoms with van der Waals surface area (Å²) in [4.78, 5) is 14.0. The molecule has 1 atom stereocenters. The number of nitrogens with one attached hydrogen (secondary N) is 1. The van der Waals surface area contributed by atoms with Gasteiger partial charge in [0.05, 0.1) is 17.4 Å². The van der Waals surface area contributed by atoms with E-state index in [0.29, 0.717) is 19.0 Å². The molecule has 1 unspecified atom stereocenters. The third kappa shape index (κ3) is 2.91. The third-order valence-corrected chi connectivity index (χ3v) is 4.46. The van der Waals surface area contributed by atoms with Crippen molar-refractivity contribution in [3.8, 4) is 0 Å². The molecule has 2 aromatic rings. The highest BCUT2D eigenvalue weighted by Gasteiger charge is 2.31. The maximum Gasteiger partial charge on any atom is 0.321 e. The zero-order valence-electron chi connectivity index (χ0n) is 12.7. The van der Waals surface area contributed by atoms with Crippen molar-refractivity contribution in [1.82, 2.24) is 19.9 Å². The molecule has 1 saturated heterocycles. The van der Waals surface area contributed by atoms with E-state index in [-0.39, 0.29) is 17.8 Å². The number of rotatable bonds is 3. The first-order chi connectivity index (χ1) is 11.2. The van der Waals surface area contributed by atoms with Crippen LogP contribution in [0.4, 0.5) is 14.9 Å². The number of carbonyl (C=O) groups excluding carboxylic acids is 1. The fraction of sp³-hybridized carbons (Fsp3) is 0.438. The summed E-state index contributed by atoms with van der Waals surface area (Å²) < 4.78 is 15.5. The second-order valence-corrected chi connectivity index (χ2v) is 6.20. The van der Waals surface area contributed by atoms with Gasteiger partial charge in [-0.1, -0.05) is 17.3 Å². The van der Waals surface area contributed by atoms with Gasteiger partial charge in [-0.2, -0.15) is 0 Å². The van der Waals surface area contributed by atoms with Crippen molar-refractivity contribution in [3.05, 3.63) is 42.0 Å². The SMILES string of the molecule is O=C(Nc1ccccc1F)N1CCC(n2cc(C3CC3)nn2)C1. The van der Waals surface area contributed by atoms with Crippen LogP contribution in [-0.2, 0) is 0 Å². The number of urea groups is 1. The third-order valence-electron chi connectivity index (χ3n) is 4.46. The van der Waals surface area contributed by atoms with Crippen LogP contribution >= 0.6 is 0 Å². The fourth-order valence-corrected chi connectivity index (χ4v) is 2.93. The maximum absolute atomic E-state index is 13.6. The molecule has 120 valence electrons. The molecule has 1 aromatic heterocycles. The molecule has 2 aliphatic rings. The van der Waals surface area contributed by atoms with Crippen molar-refractivity contribution in [1.29, 1.82) is 0 Å². The Labute approximate surface area is 133 Å². The van der Waals surface area contributed by atoms with Crippen LogP contribution in [0.1, 0.15) is 36.9 Å². The average molecular weight is 315 g/mol. The zero-order valence-corrected chi connectivity index (χ0v) is 12.7. The highest BCUT2D eigenvalue weighted by atomic mass is 19.1. The molecule has 2 amide bonds. The highest BCUT2D eigenvalue weighted by molar-refractivity contribution is 5.89. The van der Waals surface area contributed by atoms with Crippen molar-refractivity contribution in [2.24, 2.45) is 0 Å². The topological polar surface area (TPSA) is 63.1 Å². The number of hydrogen-bond acceptors (Lipinski definition) is 3. The molecule has 0 radical (unpaired) electrons. The molecule has 2 fully saturated rings. The Morgan fingerprint density at radius 2 is 2.09 bits per heavy atom. The number of amides is 2. The molecule has 23 heavy (non-hydrogen) atoms. The van der Waals surface area contributed by atoms with E-state index < -0.39 is 5.82 Å². The summed E-state index contributed by atoms with van der Waals surface area (Å²) in [5, 5.41) is 11.0. The first-order valence-electron chi connectivity index (χ1n) is 7.93. The van der Waals surface area contributed by atoms with Gasteiger partial charge < -0.3 is 10.2 Å². The molecule has 1 aromatic carbocycles. The number of para-hydroxylation sites is 1. The number of hydrogen-bond donors (Lipinski definition) is 1. The van der Waals surface area contributed by atoms with Gasteiger partial charge in [0.15, 0.2) is 0 Å². The summed E-state index contributed by atoms with van der Waals surface area (Å²) in [6.45, 7) is 1.19. The van der Waals surface area contributed by atoms with E-state index >= 15 is 0 Å². The lowest BCUT2D eigenvalue weighted by Gasteiger charge is -2.17. The van der Waals surface area contributed by atoms with Crippen LogP contribution in [0.15, 0.2) is 30.5 Å². The fourth-order valence-electron chi connectivity index (χ4n) is 2.93. The first-order valence-corrected chi connectivity index (χ1v) is 7.93. The summed E-state index contributed by atoms with van der Waals surface area (Å²) >= 11 is 0. The Hall–Kier alpha value is -2.44. The van der Waals surface area contributed by atoms with Gasteiger partial charge in [0.2, 0.25) is 0 Å². The van der Waals surface area contributed by atoms with Gasteiger partial charge >= 0.3 is 6.03 Å². The van der Waals surface area contributed by atoms with Crippen LogP contribution in [-0.4, -0.2) is 39.0 Å². The molecule has 1 aliphatic heterocycles. The maximum atomic E-state index is 13.6. The molecule has 1 N–H and O–H groups in total. The Morgan fingerprint density at radius 1 is 1.26 bits per heavy atom. The quantitative estimate of drug-likeness (QED) is 0.947. The molecule has 1 aliphatic carbocycles. The number of carbonyl (C=O) groups is 1. The lowest BCUT2D eigenvalue weighted by molar-refractivity contribution is 0.220. The molecule has 6 nitrogen and oxygen atoms in total. The lowest BCUT2D eigenvalue weighted by atomic mass is 10.2. The van der Waals surface area contributed by atoms with E-state index in [0.717, 1.165) is 12.1 Å². The number of anilines is 1. The summed E-state index contributed by atoms with van der Waals surface area (Å²) in [5.41, 5.74) is 1.26. The van der Waals surface area contributed by atoms with Crippen molar-refractivity contribution in [3.63, 3.8) is 0 Å². The molecule has 2 heterocycles. The van der Waals surface area contributed by atoms with Crippen LogP contribution in [0.2, 0.25) is 0 Å². The summed E-state index contributed by atoms with van der Waals surface area (Å²) in [7, 11) is 0. The van der Waals surface area contributed by atoms with Crippen molar-refractivity contribution < 1.29 is 9.18 Å². The second kappa shape index (κ2) is 5.64. The summed E-state index contributed by atoms with van der Waals surface area (Å²) in [6.07, 6.45) is 5.22. The van der Waals surface area contributed by atoms with Gasteiger partial charge in [-0.15, -0.1) is 5.10 Å². The van der Waals surface area contributed by atoms with Gasteiger partial charge in [0.1, 0.15) is 5.82 Å². The van der Waals surface area contributed by atoms with E-state index in [1.165, 1.54) is 18.9 Å². The first kappa shape index (κ1) is 14.2. The van der Waals surface area contributed by atoms with Gasteiger partial charge in [-0.25, -0.2) is 13.9 Å². The van der Waals surface area contributed by atoms with E-state index in [1.54, 1.807) is 23.1 Å². The monoisotopic (exact) mass is 315 g/mol. The molecule has 1 saturated carbocycles. The predicted molar refractivity (Wildman–Crippen MR) is 82.6 cm³/mol. The molecule has 7 heteroatoms. The Bertz CT molecular complexity index is 727. The number of benzene rings is 1. The number of nitrogens with zero attached hydrogens (tertiary/aromatic N) is 4. The van der Waals surface area contributed by atoms with E-state index in [9.17, 15) is 9.18 Å². The molecular weight excluding hydrogens is 297 g/mol. The van der Waals surface area contributed by atoms with Gasteiger partial charge in [-0.05, 0) is 31.4 Å². The standard InChI is InChI=1S/C16H18FN5O/c17-13-3-1-2-4-14(13)18-16(23)21-8-7-12(9-21)22-10-15(19-20-22)11-5-6-11/h1-4,10-12H,5-9H2,(H,18,23). The Morgan fingerprint density at radius 3 is 2.87 bits per heavy atom. The second-order valence-electron chi connectivity index (χ2n) is 6.20. The van der Waals surface area contributed by atoms with Crippen LogP contribution < -0.4 is 5.32 Å². The summed E-state index contributed by atoms with van der Waals surface area (Å²) in [5.74, 6) is 0.146. The number of halogens is 1. The van der Waals surface area contributed by atoms with Crippen LogP contribution in [0.3, 0.4) is 0 Å². The van der Waals surface area contributed by atoms with Crippen molar-refractivity contribution in [2.45, 2.75) is 31.2 Å². The largest absolute Gasteiger partial charge is 0.322 e.